The Balaban J connectivity index is 2.08. The number of carbonyl (C=O) groups is 1. The van der Waals surface area contributed by atoms with Gasteiger partial charge in [0.15, 0.2) is 0 Å². The van der Waals surface area contributed by atoms with Crippen LogP contribution >= 0.6 is 23.2 Å². The van der Waals surface area contributed by atoms with Crippen LogP contribution in [0, 0.1) is 0 Å². The summed E-state index contributed by atoms with van der Waals surface area (Å²) in [5, 5.41) is 4.01. The molecule has 4 nitrogen and oxygen atoms in total. The normalized spacial score (nSPS) is 23.4. The second-order valence-electron chi connectivity index (χ2n) is 5.06. The van der Waals surface area contributed by atoms with E-state index in [0.717, 1.165) is 31.7 Å². The molecule has 2 aliphatic rings. The maximum absolute atomic E-state index is 12.2. The highest BCUT2D eigenvalue weighted by molar-refractivity contribution is 6.38. The summed E-state index contributed by atoms with van der Waals surface area (Å²) in [5.74, 6) is -0.109. The maximum atomic E-state index is 12.2. The van der Waals surface area contributed by atoms with Gasteiger partial charge in [0.2, 0.25) is 0 Å². The van der Waals surface area contributed by atoms with Gasteiger partial charge in [0.1, 0.15) is 6.17 Å². The third-order valence-corrected chi connectivity index (χ3v) is 4.27. The molecule has 19 heavy (non-hydrogen) atoms. The number of hydrogen-bond acceptors (Lipinski definition) is 3. The molecule has 0 saturated carbocycles. The first-order chi connectivity index (χ1) is 9.06. The summed E-state index contributed by atoms with van der Waals surface area (Å²) in [6, 6.07) is 3.45. The third kappa shape index (κ3) is 2.29. The van der Waals surface area contributed by atoms with Gasteiger partial charge >= 0.3 is 0 Å². The van der Waals surface area contributed by atoms with Gasteiger partial charge in [-0.25, -0.2) is 0 Å². The lowest BCUT2D eigenvalue weighted by atomic mass is 10.1. The Kier molecular flexibility index (Phi) is 3.33. The lowest BCUT2D eigenvalue weighted by molar-refractivity contribution is 0.0926. The summed E-state index contributed by atoms with van der Waals surface area (Å²) in [6.07, 6.45) is 0.922. The molecule has 1 amide bonds. The molecular formula is C13H15Cl2N3O. The number of nitrogens with one attached hydrogen (secondary N) is 1. The average molecular weight is 300 g/mol. The van der Waals surface area contributed by atoms with Crippen LogP contribution < -0.4 is 10.2 Å². The molecule has 1 atom stereocenters. The minimum atomic E-state index is -0.109. The predicted octanol–water partition coefficient (Wildman–Crippen LogP) is 2.20. The Morgan fingerprint density at radius 1 is 1.26 bits per heavy atom. The number of benzene rings is 1. The van der Waals surface area contributed by atoms with Crippen molar-refractivity contribution in [2.45, 2.75) is 12.6 Å². The standard InChI is InChI=1S/C13H15Cl2N3O/c1-17-3-2-11-16-13(19)12-9(15)6-8(14)7-10(12)18(11)5-4-17/h6-7,11H,2-5H2,1H3,(H,16,19)/t11-/m0/s1. The number of fused-ring (bicyclic) bond motifs is 3. The number of halogens is 2. The van der Waals surface area contributed by atoms with Crippen LogP contribution in [0.1, 0.15) is 16.8 Å². The van der Waals surface area contributed by atoms with E-state index < -0.39 is 0 Å². The van der Waals surface area contributed by atoms with Crippen molar-refractivity contribution >= 4 is 34.8 Å². The predicted molar refractivity (Wildman–Crippen MR) is 77.2 cm³/mol. The zero-order chi connectivity index (χ0) is 13.6. The average Bonchev–Trinajstić information content (AvgIpc) is 2.51. The van der Waals surface area contributed by atoms with Crippen LogP contribution in [0.4, 0.5) is 5.69 Å². The zero-order valence-corrected chi connectivity index (χ0v) is 12.1. The highest BCUT2D eigenvalue weighted by Gasteiger charge is 2.34. The Bertz CT molecular complexity index is 535. The second kappa shape index (κ2) is 4.85. The lowest BCUT2D eigenvalue weighted by Crippen LogP contribution is -2.53. The van der Waals surface area contributed by atoms with Gasteiger partial charge in [-0.3, -0.25) is 4.79 Å². The van der Waals surface area contributed by atoms with E-state index in [-0.39, 0.29) is 12.1 Å². The Hall–Kier alpha value is -0.970. The molecule has 1 saturated heterocycles. The number of hydrogen-bond donors (Lipinski definition) is 1. The lowest BCUT2D eigenvalue weighted by Gasteiger charge is -2.38. The fourth-order valence-electron chi connectivity index (χ4n) is 2.72. The van der Waals surface area contributed by atoms with Crippen molar-refractivity contribution in [3.05, 3.63) is 27.7 Å². The quantitative estimate of drug-likeness (QED) is 0.798. The molecule has 3 rings (SSSR count). The molecule has 0 aromatic heterocycles. The van der Waals surface area contributed by atoms with Gasteiger partial charge in [0.25, 0.3) is 5.91 Å². The van der Waals surface area contributed by atoms with Crippen molar-refractivity contribution in [3.8, 4) is 0 Å². The summed E-state index contributed by atoms with van der Waals surface area (Å²) >= 11 is 12.2. The van der Waals surface area contributed by atoms with Gasteiger partial charge in [-0.15, -0.1) is 0 Å². The first-order valence-corrected chi connectivity index (χ1v) is 7.07. The highest BCUT2D eigenvalue weighted by atomic mass is 35.5. The maximum Gasteiger partial charge on any atom is 0.256 e. The second-order valence-corrected chi connectivity index (χ2v) is 5.90. The minimum absolute atomic E-state index is 0.0273. The fraction of sp³-hybridized carbons (Fsp3) is 0.462. The summed E-state index contributed by atoms with van der Waals surface area (Å²) < 4.78 is 0. The Morgan fingerprint density at radius 3 is 2.84 bits per heavy atom. The third-order valence-electron chi connectivity index (χ3n) is 3.75. The van der Waals surface area contributed by atoms with Gasteiger partial charge in [0, 0.05) is 24.7 Å². The zero-order valence-electron chi connectivity index (χ0n) is 10.6. The number of amides is 1. The molecule has 6 heteroatoms. The van der Waals surface area contributed by atoms with Crippen LogP contribution in [0.25, 0.3) is 0 Å². The molecule has 0 bridgehead atoms. The van der Waals surface area contributed by atoms with Crippen LogP contribution in [0.15, 0.2) is 12.1 Å². The van der Waals surface area contributed by atoms with E-state index in [2.05, 4.69) is 22.2 Å². The Morgan fingerprint density at radius 2 is 2.05 bits per heavy atom. The molecule has 2 aliphatic heterocycles. The molecule has 1 N–H and O–H groups in total. The van der Waals surface area contributed by atoms with Gasteiger partial charge in [-0.1, -0.05) is 23.2 Å². The molecule has 2 heterocycles. The smallest absolute Gasteiger partial charge is 0.256 e. The first kappa shape index (κ1) is 13.0. The van der Waals surface area contributed by atoms with Crippen LogP contribution in [0.2, 0.25) is 10.0 Å². The van der Waals surface area contributed by atoms with Crippen molar-refractivity contribution in [2.75, 3.05) is 31.6 Å². The molecule has 0 spiro atoms. The van der Waals surface area contributed by atoms with Crippen molar-refractivity contribution in [2.24, 2.45) is 0 Å². The number of likely N-dealkylation sites (N-methyl/N-ethyl adjacent to an activating group) is 1. The van der Waals surface area contributed by atoms with E-state index in [4.69, 9.17) is 23.2 Å². The van der Waals surface area contributed by atoms with Gasteiger partial charge in [-0.2, -0.15) is 0 Å². The van der Waals surface area contributed by atoms with Crippen molar-refractivity contribution < 1.29 is 4.79 Å². The van der Waals surface area contributed by atoms with Crippen LogP contribution in [-0.2, 0) is 0 Å². The van der Waals surface area contributed by atoms with Crippen LogP contribution in [-0.4, -0.2) is 43.7 Å². The molecule has 1 aromatic carbocycles. The van der Waals surface area contributed by atoms with Crippen molar-refractivity contribution in [1.29, 1.82) is 0 Å². The fourth-order valence-corrected chi connectivity index (χ4v) is 3.29. The van der Waals surface area contributed by atoms with Crippen molar-refractivity contribution in [1.82, 2.24) is 10.2 Å². The van der Waals surface area contributed by atoms with Crippen molar-refractivity contribution in [3.63, 3.8) is 0 Å². The van der Waals surface area contributed by atoms with E-state index in [1.54, 1.807) is 6.07 Å². The van der Waals surface area contributed by atoms with E-state index in [9.17, 15) is 4.79 Å². The topological polar surface area (TPSA) is 35.6 Å². The van der Waals surface area contributed by atoms with Crippen LogP contribution in [0.5, 0.6) is 0 Å². The molecular weight excluding hydrogens is 285 g/mol. The first-order valence-electron chi connectivity index (χ1n) is 6.31. The number of rotatable bonds is 0. The number of anilines is 1. The van der Waals surface area contributed by atoms with E-state index in [1.807, 2.05) is 6.07 Å². The monoisotopic (exact) mass is 299 g/mol. The highest BCUT2D eigenvalue weighted by Crippen LogP contribution is 2.35. The van der Waals surface area contributed by atoms with Gasteiger partial charge in [-0.05, 0) is 25.6 Å². The molecule has 0 aliphatic carbocycles. The molecule has 1 aromatic rings. The van der Waals surface area contributed by atoms with E-state index >= 15 is 0 Å². The van der Waals surface area contributed by atoms with E-state index in [0.29, 0.717) is 15.6 Å². The minimum Gasteiger partial charge on any atom is -0.349 e. The SMILES string of the molecule is CN1CC[C@H]2NC(=O)c3c(Cl)cc(Cl)cc3N2CC1. The Labute approximate surface area is 122 Å². The summed E-state index contributed by atoms with van der Waals surface area (Å²) in [5.41, 5.74) is 1.38. The number of carbonyl (C=O) groups excluding carboxylic acids is 1. The summed E-state index contributed by atoms with van der Waals surface area (Å²) in [7, 11) is 2.09. The molecule has 0 unspecified atom stereocenters. The molecule has 102 valence electrons. The summed E-state index contributed by atoms with van der Waals surface area (Å²) in [4.78, 5) is 16.6. The largest absolute Gasteiger partial charge is 0.349 e. The van der Waals surface area contributed by atoms with Gasteiger partial charge < -0.3 is 15.1 Å². The van der Waals surface area contributed by atoms with Crippen LogP contribution in [0.3, 0.4) is 0 Å². The summed E-state index contributed by atoms with van der Waals surface area (Å²) in [6.45, 7) is 2.77. The van der Waals surface area contributed by atoms with Gasteiger partial charge in [0.05, 0.1) is 16.3 Å². The number of nitrogens with zero attached hydrogens (tertiary/aromatic N) is 2. The van der Waals surface area contributed by atoms with E-state index in [1.165, 1.54) is 0 Å². The molecule has 1 fully saturated rings. The molecule has 0 radical (unpaired) electrons.